The highest BCUT2D eigenvalue weighted by Crippen LogP contribution is 2.38. The number of allylic oxidation sites excluding steroid dienone is 4. The van der Waals surface area contributed by atoms with E-state index in [-0.39, 0.29) is 0 Å². The first-order valence-electron chi connectivity index (χ1n) is 13.7. The Balaban J connectivity index is 1.49. The van der Waals surface area contributed by atoms with Crippen LogP contribution in [0.2, 0.25) is 0 Å². The molecule has 1 unspecified atom stereocenters. The molecule has 2 aliphatic heterocycles. The van der Waals surface area contributed by atoms with Crippen molar-refractivity contribution in [2.75, 3.05) is 0 Å². The largest absolute Gasteiger partial charge is 0.324 e. The molecule has 9 rings (SSSR count). The minimum atomic E-state index is 0.385. The van der Waals surface area contributed by atoms with Crippen LogP contribution in [0.3, 0.4) is 0 Å². The molecular weight excluding hydrogens is 508 g/mol. The van der Waals surface area contributed by atoms with Crippen LogP contribution in [0, 0.1) is 5.92 Å². The highest BCUT2D eigenvalue weighted by Gasteiger charge is 2.26. The third-order valence-corrected chi connectivity index (χ3v) is 8.00. The summed E-state index contributed by atoms with van der Waals surface area (Å²) in [5.74, 6) is 2.92. The molecule has 8 heteroatoms. The average Bonchev–Trinajstić information content (AvgIpc) is 3.72. The fourth-order valence-corrected chi connectivity index (χ4v) is 6.01. The van der Waals surface area contributed by atoms with Gasteiger partial charge < -0.3 is 9.97 Å². The van der Waals surface area contributed by atoms with E-state index in [2.05, 4.69) is 53.3 Å². The number of nitrogens with one attached hydrogen (secondary N) is 2. The van der Waals surface area contributed by atoms with Gasteiger partial charge in [-0.15, -0.1) is 0 Å². The van der Waals surface area contributed by atoms with Crippen molar-refractivity contribution in [2.45, 2.75) is 13.3 Å². The van der Waals surface area contributed by atoms with Crippen LogP contribution in [0.1, 0.15) is 25.0 Å². The first-order chi connectivity index (χ1) is 20.2. The van der Waals surface area contributed by atoms with Gasteiger partial charge in [0.2, 0.25) is 0 Å². The van der Waals surface area contributed by atoms with Crippen LogP contribution in [0.25, 0.3) is 78.1 Å². The fourth-order valence-electron chi connectivity index (χ4n) is 6.01. The summed E-state index contributed by atoms with van der Waals surface area (Å²) in [7, 11) is 0. The average molecular weight is 531 g/mol. The summed E-state index contributed by atoms with van der Waals surface area (Å²) in [4.78, 5) is 37.1. The van der Waals surface area contributed by atoms with Crippen molar-refractivity contribution < 1.29 is 0 Å². The number of fused-ring (bicyclic) bond motifs is 19. The molecule has 3 aromatic carbocycles. The first kappa shape index (κ1) is 22.3. The molecule has 0 radical (unpaired) electrons. The predicted molar refractivity (Wildman–Crippen MR) is 161 cm³/mol. The number of H-pyrrole nitrogens is 2. The van der Waals surface area contributed by atoms with Crippen LogP contribution >= 0.6 is 0 Å². The van der Waals surface area contributed by atoms with E-state index in [4.69, 9.17) is 29.9 Å². The van der Waals surface area contributed by atoms with Crippen LogP contribution in [-0.4, -0.2) is 39.9 Å². The van der Waals surface area contributed by atoms with Crippen LogP contribution in [0.4, 0.5) is 0 Å². The summed E-state index contributed by atoms with van der Waals surface area (Å²) in [6, 6.07) is 24.3. The van der Waals surface area contributed by atoms with E-state index >= 15 is 0 Å². The van der Waals surface area contributed by atoms with Gasteiger partial charge in [0.25, 0.3) is 0 Å². The van der Waals surface area contributed by atoms with Gasteiger partial charge in [0.05, 0.1) is 0 Å². The SMILES string of the molecule is CC1C=CC2=C(C1)c1nc2nc2[nH]c(nc3nc(nc4[nH]c(n1)c1ccccc41)-c1ccccc1-3)c1ccccc21. The normalized spacial score (nSPS) is 15.9. The molecule has 0 saturated carbocycles. The van der Waals surface area contributed by atoms with Gasteiger partial charge in [-0.3, -0.25) is 0 Å². The van der Waals surface area contributed by atoms with Crippen molar-refractivity contribution in [1.29, 1.82) is 0 Å². The monoisotopic (exact) mass is 530 g/mol. The van der Waals surface area contributed by atoms with E-state index in [0.717, 1.165) is 50.2 Å². The second-order valence-electron chi connectivity index (χ2n) is 10.7. The molecule has 3 aromatic heterocycles. The number of hydrogen-bond donors (Lipinski definition) is 2. The Morgan fingerprint density at radius 1 is 0.537 bits per heavy atom. The van der Waals surface area contributed by atoms with Gasteiger partial charge in [-0.2, -0.15) is 0 Å². The number of rotatable bonds is 0. The molecule has 8 bridgehead atoms. The Morgan fingerprint density at radius 3 is 1.51 bits per heavy atom. The van der Waals surface area contributed by atoms with E-state index in [1.54, 1.807) is 0 Å². The van der Waals surface area contributed by atoms with Gasteiger partial charge in [0.15, 0.2) is 23.3 Å². The Morgan fingerprint density at radius 2 is 0.976 bits per heavy atom. The lowest BCUT2D eigenvalue weighted by molar-refractivity contribution is 0.749. The lowest BCUT2D eigenvalue weighted by atomic mass is 9.91. The van der Waals surface area contributed by atoms with Gasteiger partial charge in [0.1, 0.15) is 22.6 Å². The quantitative estimate of drug-likeness (QED) is 0.218. The number of nitrogens with zero attached hydrogens (tertiary/aromatic N) is 6. The molecule has 41 heavy (non-hydrogen) atoms. The molecule has 194 valence electrons. The summed E-state index contributed by atoms with van der Waals surface area (Å²) in [5, 5.41) is 3.89. The van der Waals surface area contributed by atoms with Gasteiger partial charge in [-0.1, -0.05) is 91.9 Å². The number of aromatic amines is 2. The molecule has 0 saturated heterocycles. The van der Waals surface area contributed by atoms with E-state index < -0.39 is 0 Å². The van der Waals surface area contributed by atoms with E-state index in [0.29, 0.717) is 51.8 Å². The standard InChI is InChI=1S/C33H22N8/c1-17-14-15-24-25(16-17)33-40-31-23-13-7-6-12-22(23)29(38-31)36-27-19-9-3-2-8-18(19)26(34-27)35-28-20-10-4-5-11-21(20)30(37-28)39-32(24)41-33/h2-15,17H,16H2,1H3,(H2,34,35,36,37,38,39,40,41). The lowest BCUT2D eigenvalue weighted by Crippen LogP contribution is -1.99. The molecule has 3 aliphatic rings. The molecule has 8 nitrogen and oxygen atoms in total. The van der Waals surface area contributed by atoms with E-state index in [9.17, 15) is 0 Å². The third kappa shape index (κ3) is 3.34. The van der Waals surface area contributed by atoms with E-state index in [1.807, 2.05) is 48.5 Å². The van der Waals surface area contributed by atoms with Gasteiger partial charge in [0, 0.05) is 43.8 Å². The summed E-state index contributed by atoms with van der Waals surface area (Å²) in [5.41, 5.74) is 6.81. The van der Waals surface area contributed by atoms with Crippen molar-refractivity contribution in [2.24, 2.45) is 5.92 Å². The maximum atomic E-state index is 5.10. The molecule has 2 N–H and O–H groups in total. The van der Waals surface area contributed by atoms with Crippen molar-refractivity contribution >= 4 is 55.3 Å². The summed E-state index contributed by atoms with van der Waals surface area (Å²) < 4.78 is 0. The number of hydrogen-bond acceptors (Lipinski definition) is 6. The van der Waals surface area contributed by atoms with Gasteiger partial charge >= 0.3 is 0 Å². The maximum absolute atomic E-state index is 5.10. The zero-order valence-electron chi connectivity index (χ0n) is 22.1. The Kier molecular flexibility index (Phi) is 4.49. The predicted octanol–water partition coefficient (Wildman–Crippen LogP) is 7.04. The third-order valence-electron chi connectivity index (χ3n) is 8.00. The van der Waals surface area contributed by atoms with Gasteiger partial charge in [-0.05, 0) is 12.3 Å². The van der Waals surface area contributed by atoms with Crippen LogP contribution in [0.15, 0.2) is 84.9 Å². The maximum Gasteiger partial charge on any atom is 0.164 e. The molecular formula is C33H22N8. The molecule has 1 atom stereocenters. The summed E-state index contributed by atoms with van der Waals surface area (Å²) >= 11 is 0. The highest BCUT2D eigenvalue weighted by atomic mass is 15.1. The molecule has 6 aromatic rings. The minimum absolute atomic E-state index is 0.385. The molecule has 1 aliphatic carbocycles. The molecule has 0 fully saturated rings. The molecule has 0 amide bonds. The van der Waals surface area contributed by atoms with Crippen molar-refractivity contribution in [3.8, 4) is 22.8 Å². The zero-order valence-corrected chi connectivity index (χ0v) is 22.1. The second-order valence-corrected chi connectivity index (χ2v) is 10.7. The molecule has 0 spiro atoms. The van der Waals surface area contributed by atoms with Crippen LogP contribution in [-0.2, 0) is 0 Å². The second kappa shape index (κ2) is 8.25. The summed E-state index contributed by atoms with van der Waals surface area (Å²) in [6.45, 7) is 2.21. The van der Waals surface area contributed by atoms with Crippen molar-refractivity contribution in [3.05, 3.63) is 96.6 Å². The fraction of sp³-hybridized carbons (Fsp3) is 0.0909. The lowest BCUT2D eigenvalue weighted by Gasteiger charge is -2.13. The summed E-state index contributed by atoms with van der Waals surface area (Å²) in [6.07, 6.45) is 5.20. The van der Waals surface area contributed by atoms with E-state index in [1.165, 1.54) is 0 Å². The number of benzene rings is 3. The molecule has 5 heterocycles. The Labute approximate surface area is 233 Å². The van der Waals surface area contributed by atoms with Crippen molar-refractivity contribution in [3.63, 3.8) is 0 Å². The Hall–Kier alpha value is -5.50. The van der Waals surface area contributed by atoms with Crippen molar-refractivity contribution in [1.82, 2.24) is 39.9 Å². The number of aromatic nitrogens is 8. The topological polar surface area (TPSA) is 109 Å². The zero-order chi connectivity index (χ0) is 27.1. The van der Waals surface area contributed by atoms with Crippen LogP contribution in [0.5, 0.6) is 0 Å². The van der Waals surface area contributed by atoms with Gasteiger partial charge in [-0.25, -0.2) is 29.9 Å². The highest BCUT2D eigenvalue weighted by molar-refractivity contribution is 6.06. The van der Waals surface area contributed by atoms with Crippen LogP contribution < -0.4 is 0 Å². The Bertz CT molecular complexity index is 2320. The minimum Gasteiger partial charge on any atom is -0.324 e. The smallest absolute Gasteiger partial charge is 0.164 e. The first-order valence-corrected chi connectivity index (χ1v) is 13.7.